The van der Waals surface area contributed by atoms with Gasteiger partial charge in [0.15, 0.2) is 0 Å². The van der Waals surface area contributed by atoms with Crippen LogP contribution in [0.4, 0.5) is 16.3 Å². The van der Waals surface area contributed by atoms with E-state index in [9.17, 15) is 4.39 Å². The molecule has 3 rings (SSSR count). The summed E-state index contributed by atoms with van der Waals surface area (Å²) >= 11 is 0. The zero-order valence-corrected chi connectivity index (χ0v) is 13.8. The van der Waals surface area contributed by atoms with Gasteiger partial charge in [-0.05, 0) is 17.7 Å². The van der Waals surface area contributed by atoms with Crippen molar-refractivity contribution in [2.45, 2.75) is 12.6 Å². The molecule has 0 amide bonds. The number of ether oxygens (including phenoxy) is 1. The molecule has 1 unspecified atom stereocenters. The van der Waals surface area contributed by atoms with Gasteiger partial charge in [-0.2, -0.15) is 15.0 Å². The normalized spacial score (nSPS) is 18.5. The van der Waals surface area contributed by atoms with Crippen molar-refractivity contribution in [1.29, 1.82) is 0 Å². The van der Waals surface area contributed by atoms with Crippen LogP contribution in [-0.2, 0) is 11.3 Å². The van der Waals surface area contributed by atoms with Crippen LogP contribution in [0.2, 0.25) is 0 Å². The van der Waals surface area contributed by atoms with E-state index in [2.05, 4.69) is 19.9 Å². The summed E-state index contributed by atoms with van der Waals surface area (Å²) in [4.78, 5) is 16.7. The predicted octanol–water partition coefficient (Wildman–Crippen LogP) is 1.23. The van der Waals surface area contributed by atoms with Gasteiger partial charge in [0.05, 0.1) is 19.3 Å². The van der Waals surface area contributed by atoms with Crippen molar-refractivity contribution in [3.05, 3.63) is 41.5 Å². The lowest BCUT2D eigenvalue weighted by molar-refractivity contribution is -0.0336. The lowest BCUT2D eigenvalue weighted by Crippen LogP contribution is -2.38. The number of hydrogen-bond donors (Lipinski definition) is 1. The fraction of sp³-hybridized carbons (Fsp3) is 0.438. The highest BCUT2D eigenvalue weighted by Crippen LogP contribution is 2.23. The SMILES string of the molecule is CN(C)c1nc(N)nc(CN2CCOC(c3ccc(F)cc3)C2)n1. The number of hydrogen-bond acceptors (Lipinski definition) is 7. The number of rotatable bonds is 4. The standard InChI is InChI=1S/C16H21FN6O/c1-22(2)16-20-14(19-15(18)21-16)10-23-7-8-24-13(9-23)11-3-5-12(17)6-4-11/h3-6,13H,7-10H2,1-2H3,(H2,18,19,20,21). The number of nitrogens with zero attached hydrogens (tertiary/aromatic N) is 5. The van der Waals surface area contributed by atoms with Gasteiger partial charge < -0.3 is 15.4 Å². The number of benzene rings is 1. The lowest BCUT2D eigenvalue weighted by Gasteiger charge is -2.32. The maximum atomic E-state index is 13.1. The minimum atomic E-state index is -0.247. The largest absolute Gasteiger partial charge is 0.371 e. The Morgan fingerprint density at radius 2 is 2.00 bits per heavy atom. The first-order valence-electron chi connectivity index (χ1n) is 7.78. The zero-order valence-electron chi connectivity index (χ0n) is 13.8. The molecule has 2 heterocycles. The Hall–Kier alpha value is -2.32. The van der Waals surface area contributed by atoms with Crippen molar-refractivity contribution in [2.75, 3.05) is 44.4 Å². The van der Waals surface area contributed by atoms with Crippen molar-refractivity contribution in [1.82, 2.24) is 19.9 Å². The van der Waals surface area contributed by atoms with E-state index in [0.29, 0.717) is 31.5 Å². The Kier molecular flexibility index (Phi) is 4.86. The molecule has 1 aliphatic rings. The highest BCUT2D eigenvalue weighted by Gasteiger charge is 2.23. The molecular weight excluding hydrogens is 311 g/mol. The van der Waals surface area contributed by atoms with Crippen molar-refractivity contribution < 1.29 is 9.13 Å². The molecule has 128 valence electrons. The molecule has 1 aromatic heterocycles. The molecule has 1 aromatic carbocycles. The van der Waals surface area contributed by atoms with E-state index in [1.807, 2.05) is 14.1 Å². The highest BCUT2D eigenvalue weighted by atomic mass is 19.1. The number of nitrogen functional groups attached to an aromatic ring is 1. The molecule has 24 heavy (non-hydrogen) atoms. The number of aromatic nitrogens is 3. The second-order valence-electron chi connectivity index (χ2n) is 5.95. The van der Waals surface area contributed by atoms with E-state index in [4.69, 9.17) is 10.5 Å². The van der Waals surface area contributed by atoms with Crippen LogP contribution in [0.3, 0.4) is 0 Å². The van der Waals surface area contributed by atoms with Crippen LogP contribution >= 0.6 is 0 Å². The maximum absolute atomic E-state index is 13.1. The molecule has 1 atom stereocenters. The van der Waals surface area contributed by atoms with Crippen molar-refractivity contribution in [2.24, 2.45) is 0 Å². The molecule has 2 aromatic rings. The lowest BCUT2D eigenvalue weighted by atomic mass is 10.1. The number of anilines is 2. The van der Waals surface area contributed by atoms with E-state index in [1.165, 1.54) is 12.1 Å². The molecule has 0 spiro atoms. The van der Waals surface area contributed by atoms with E-state index in [1.54, 1.807) is 17.0 Å². The van der Waals surface area contributed by atoms with Crippen LogP contribution in [0.15, 0.2) is 24.3 Å². The molecule has 0 aliphatic carbocycles. The minimum absolute atomic E-state index is 0.0909. The van der Waals surface area contributed by atoms with Crippen molar-refractivity contribution >= 4 is 11.9 Å². The topological polar surface area (TPSA) is 80.4 Å². The van der Waals surface area contributed by atoms with Crippen molar-refractivity contribution in [3.63, 3.8) is 0 Å². The number of morpholine rings is 1. The summed E-state index contributed by atoms with van der Waals surface area (Å²) in [6, 6.07) is 6.42. The summed E-state index contributed by atoms with van der Waals surface area (Å²) in [6.45, 7) is 2.63. The molecule has 0 radical (unpaired) electrons. The van der Waals surface area contributed by atoms with Gasteiger partial charge in [0.1, 0.15) is 11.6 Å². The molecule has 0 bridgehead atoms. The third kappa shape index (κ3) is 3.95. The first-order chi connectivity index (χ1) is 11.5. The summed E-state index contributed by atoms with van der Waals surface area (Å²) in [6.07, 6.45) is -0.0909. The van der Waals surface area contributed by atoms with Crippen LogP contribution in [0.5, 0.6) is 0 Å². The van der Waals surface area contributed by atoms with Gasteiger partial charge in [0, 0.05) is 27.2 Å². The fourth-order valence-corrected chi connectivity index (χ4v) is 2.62. The van der Waals surface area contributed by atoms with Gasteiger partial charge in [-0.25, -0.2) is 4.39 Å². The van der Waals surface area contributed by atoms with Gasteiger partial charge in [0.25, 0.3) is 0 Å². The van der Waals surface area contributed by atoms with Gasteiger partial charge in [0.2, 0.25) is 11.9 Å². The van der Waals surface area contributed by atoms with Crippen LogP contribution in [0.25, 0.3) is 0 Å². The van der Waals surface area contributed by atoms with E-state index in [0.717, 1.165) is 12.1 Å². The van der Waals surface area contributed by atoms with Gasteiger partial charge in [-0.3, -0.25) is 4.90 Å². The second kappa shape index (κ2) is 7.06. The molecule has 1 fully saturated rings. The van der Waals surface area contributed by atoms with Crippen LogP contribution < -0.4 is 10.6 Å². The predicted molar refractivity (Wildman–Crippen MR) is 88.9 cm³/mol. The Balaban J connectivity index is 1.70. The third-order valence-electron chi connectivity index (χ3n) is 3.84. The zero-order chi connectivity index (χ0) is 17.1. The molecule has 1 saturated heterocycles. The smallest absolute Gasteiger partial charge is 0.229 e. The Morgan fingerprint density at radius 3 is 2.71 bits per heavy atom. The molecular formula is C16H21FN6O. The molecule has 1 aliphatic heterocycles. The van der Waals surface area contributed by atoms with E-state index >= 15 is 0 Å². The second-order valence-corrected chi connectivity index (χ2v) is 5.95. The Bertz CT molecular complexity index is 693. The average Bonchev–Trinajstić information content (AvgIpc) is 2.55. The average molecular weight is 332 g/mol. The van der Waals surface area contributed by atoms with E-state index < -0.39 is 0 Å². The van der Waals surface area contributed by atoms with Gasteiger partial charge >= 0.3 is 0 Å². The fourth-order valence-electron chi connectivity index (χ4n) is 2.62. The molecule has 0 saturated carbocycles. The minimum Gasteiger partial charge on any atom is -0.371 e. The van der Waals surface area contributed by atoms with Crippen LogP contribution in [0.1, 0.15) is 17.5 Å². The summed E-state index contributed by atoms with van der Waals surface area (Å²) in [5, 5.41) is 0. The quantitative estimate of drug-likeness (QED) is 0.902. The number of halogens is 1. The summed E-state index contributed by atoms with van der Waals surface area (Å²) in [5.74, 6) is 1.14. The molecule has 8 heteroatoms. The first kappa shape index (κ1) is 16.5. The molecule has 7 nitrogen and oxygen atoms in total. The molecule has 2 N–H and O–H groups in total. The van der Waals surface area contributed by atoms with Gasteiger partial charge in [-0.15, -0.1) is 0 Å². The monoisotopic (exact) mass is 332 g/mol. The Morgan fingerprint density at radius 1 is 1.25 bits per heavy atom. The van der Waals surface area contributed by atoms with Crippen LogP contribution in [0, 0.1) is 5.82 Å². The van der Waals surface area contributed by atoms with E-state index in [-0.39, 0.29) is 17.9 Å². The first-order valence-corrected chi connectivity index (χ1v) is 7.78. The van der Waals surface area contributed by atoms with Gasteiger partial charge in [-0.1, -0.05) is 12.1 Å². The summed E-state index contributed by atoms with van der Waals surface area (Å²) in [5.41, 5.74) is 6.73. The highest BCUT2D eigenvalue weighted by molar-refractivity contribution is 5.32. The third-order valence-corrected chi connectivity index (χ3v) is 3.84. The van der Waals surface area contributed by atoms with Crippen molar-refractivity contribution in [3.8, 4) is 0 Å². The summed E-state index contributed by atoms with van der Waals surface area (Å²) in [7, 11) is 3.72. The summed E-state index contributed by atoms with van der Waals surface area (Å²) < 4.78 is 18.9. The number of nitrogens with two attached hydrogens (primary N) is 1. The Labute approximate surface area is 140 Å². The van der Waals surface area contributed by atoms with Crippen LogP contribution in [-0.4, -0.2) is 53.6 Å². The maximum Gasteiger partial charge on any atom is 0.229 e.